The molecular formula is C13H13BrClNO3. The molecule has 0 spiro atoms. The third kappa shape index (κ3) is 3.09. The van der Waals surface area contributed by atoms with Gasteiger partial charge in [0.15, 0.2) is 0 Å². The van der Waals surface area contributed by atoms with Crippen molar-refractivity contribution in [3.63, 3.8) is 0 Å². The van der Waals surface area contributed by atoms with Crippen LogP contribution in [-0.4, -0.2) is 23.0 Å². The van der Waals surface area contributed by atoms with Crippen LogP contribution in [0.5, 0.6) is 0 Å². The van der Waals surface area contributed by atoms with Crippen LogP contribution in [0.3, 0.4) is 0 Å². The van der Waals surface area contributed by atoms with E-state index in [0.717, 1.165) is 10.0 Å². The molecule has 0 heterocycles. The summed E-state index contributed by atoms with van der Waals surface area (Å²) < 4.78 is 0.778. The molecule has 0 aliphatic heterocycles. The molecule has 1 saturated carbocycles. The molecule has 19 heavy (non-hydrogen) atoms. The lowest BCUT2D eigenvalue weighted by Gasteiger charge is -2.32. The standard InChI is InChI=1S/C13H13BrClNO3/c1-6-2-7(5-10(15)11(6)14)12(17)16-9-3-8(4-9)13(18)19/h2,5,8-9H,3-4H2,1H3,(H,16,17)(H,18,19). The monoisotopic (exact) mass is 345 g/mol. The van der Waals surface area contributed by atoms with Crippen molar-refractivity contribution < 1.29 is 14.7 Å². The summed E-state index contributed by atoms with van der Waals surface area (Å²) in [6.07, 6.45) is 0.981. The molecule has 1 amide bonds. The Labute approximate surface area is 124 Å². The van der Waals surface area contributed by atoms with Gasteiger partial charge in [-0.25, -0.2) is 0 Å². The molecule has 6 heteroatoms. The maximum atomic E-state index is 12.0. The van der Waals surface area contributed by atoms with Crippen molar-refractivity contribution in [2.24, 2.45) is 5.92 Å². The number of hydrogen-bond acceptors (Lipinski definition) is 2. The molecule has 1 aliphatic rings. The molecular weight excluding hydrogens is 334 g/mol. The van der Waals surface area contributed by atoms with Gasteiger partial charge in [0, 0.05) is 16.1 Å². The Hall–Kier alpha value is -1.07. The average molecular weight is 347 g/mol. The number of amides is 1. The highest BCUT2D eigenvalue weighted by molar-refractivity contribution is 9.10. The second-order valence-corrected chi connectivity index (χ2v) is 5.97. The van der Waals surface area contributed by atoms with Crippen molar-refractivity contribution in [2.75, 3.05) is 0 Å². The lowest BCUT2D eigenvalue weighted by Crippen LogP contribution is -2.46. The molecule has 4 nitrogen and oxygen atoms in total. The first-order chi connectivity index (χ1) is 8.88. The summed E-state index contributed by atoms with van der Waals surface area (Å²) in [5.74, 6) is -1.35. The molecule has 0 atom stereocenters. The van der Waals surface area contributed by atoms with Crippen LogP contribution in [0.4, 0.5) is 0 Å². The summed E-state index contributed by atoms with van der Waals surface area (Å²) in [7, 11) is 0. The van der Waals surface area contributed by atoms with Gasteiger partial charge < -0.3 is 10.4 Å². The van der Waals surface area contributed by atoms with Crippen molar-refractivity contribution in [1.29, 1.82) is 0 Å². The van der Waals surface area contributed by atoms with Crippen LogP contribution in [0, 0.1) is 12.8 Å². The molecule has 1 fully saturated rings. The van der Waals surface area contributed by atoms with Crippen LogP contribution in [-0.2, 0) is 4.79 Å². The predicted octanol–water partition coefficient (Wildman–Crippen LogP) is 3.00. The Morgan fingerprint density at radius 2 is 2.05 bits per heavy atom. The van der Waals surface area contributed by atoms with Crippen LogP contribution in [0.1, 0.15) is 28.8 Å². The zero-order valence-electron chi connectivity index (χ0n) is 10.2. The highest BCUT2D eigenvalue weighted by atomic mass is 79.9. The minimum absolute atomic E-state index is 0.0590. The molecule has 0 radical (unpaired) electrons. The largest absolute Gasteiger partial charge is 0.481 e. The first kappa shape index (κ1) is 14.3. The first-order valence-electron chi connectivity index (χ1n) is 5.87. The van der Waals surface area contributed by atoms with Crippen LogP contribution in [0.15, 0.2) is 16.6 Å². The van der Waals surface area contributed by atoms with Gasteiger partial charge in [-0.15, -0.1) is 0 Å². The summed E-state index contributed by atoms with van der Waals surface area (Å²) in [5, 5.41) is 12.1. The smallest absolute Gasteiger partial charge is 0.306 e. The topological polar surface area (TPSA) is 66.4 Å². The van der Waals surface area contributed by atoms with Gasteiger partial charge in [0.2, 0.25) is 0 Å². The van der Waals surface area contributed by atoms with Gasteiger partial charge in [-0.1, -0.05) is 11.6 Å². The van der Waals surface area contributed by atoms with Crippen molar-refractivity contribution in [3.8, 4) is 0 Å². The van der Waals surface area contributed by atoms with E-state index in [1.807, 2.05) is 6.92 Å². The number of hydrogen-bond donors (Lipinski definition) is 2. The van der Waals surface area contributed by atoms with E-state index in [1.54, 1.807) is 12.1 Å². The third-order valence-corrected chi connectivity index (χ3v) is 4.87. The van der Waals surface area contributed by atoms with Crippen molar-refractivity contribution in [1.82, 2.24) is 5.32 Å². The number of carboxylic acid groups (broad SMARTS) is 1. The van der Waals surface area contributed by atoms with E-state index in [-0.39, 0.29) is 17.9 Å². The molecule has 0 unspecified atom stereocenters. The van der Waals surface area contributed by atoms with Gasteiger partial charge in [-0.3, -0.25) is 9.59 Å². The highest BCUT2D eigenvalue weighted by Crippen LogP contribution is 2.29. The summed E-state index contributed by atoms with van der Waals surface area (Å²) >= 11 is 9.34. The molecule has 0 saturated heterocycles. The number of benzene rings is 1. The zero-order chi connectivity index (χ0) is 14.2. The minimum atomic E-state index is -0.798. The van der Waals surface area contributed by atoms with Crippen molar-refractivity contribution in [3.05, 3.63) is 32.8 Å². The maximum absolute atomic E-state index is 12.0. The molecule has 102 valence electrons. The van der Waals surface area contributed by atoms with Gasteiger partial charge in [-0.05, 0) is 53.4 Å². The van der Waals surface area contributed by atoms with E-state index in [4.69, 9.17) is 16.7 Å². The molecule has 1 aromatic rings. The van der Waals surface area contributed by atoms with Gasteiger partial charge >= 0.3 is 5.97 Å². The van der Waals surface area contributed by atoms with Crippen LogP contribution in [0.25, 0.3) is 0 Å². The van der Waals surface area contributed by atoms with Gasteiger partial charge in [0.1, 0.15) is 0 Å². The lowest BCUT2D eigenvalue weighted by atomic mass is 9.80. The lowest BCUT2D eigenvalue weighted by molar-refractivity contribution is -0.145. The van der Waals surface area contributed by atoms with Crippen molar-refractivity contribution >= 4 is 39.4 Å². The second kappa shape index (κ2) is 5.51. The molecule has 2 rings (SSSR count). The fourth-order valence-electron chi connectivity index (χ4n) is 2.06. The van der Waals surface area contributed by atoms with Gasteiger partial charge in [-0.2, -0.15) is 0 Å². The quantitative estimate of drug-likeness (QED) is 0.884. The number of rotatable bonds is 3. The van der Waals surface area contributed by atoms with Gasteiger partial charge in [0.05, 0.1) is 10.9 Å². The Morgan fingerprint density at radius 3 is 2.58 bits per heavy atom. The summed E-state index contributed by atoms with van der Waals surface area (Å²) in [6, 6.07) is 3.29. The Bertz CT molecular complexity index is 518. The van der Waals surface area contributed by atoms with E-state index in [9.17, 15) is 9.59 Å². The van der Waals surface area contributed by atoms with Crippen LogP contribution in [0.2, 0.25) is 5.02 Å². The molecule has 0 aromatic heterocycles. The van der Waals surface area contributed by atoms with E-state index >= 15 is 0 Å². The van der Waals surface area contributed by atoms with Crippen LogP contribution < -0.4 is 5.32 Å². The van der Waals surface area contributed by atoms with E-state index in [1.165, 1.54) is 0 Å². The molecule has 1 aromatic carbocycles. The number of carboxylic acids is 1. The van der Waals surface area contributed by atoms with E-state index in [0.29, 0.717) is 23.4 Å². The Morgan fingerprint density at radius 1 is 1.42 bits per heavy atom. The normalized spacial score (nSPS) is 21.6. The predicted molar refractivity (Wildman–Crippen MR) is 75.5 cm³/mol. The number of aliphatic carboxylic acids is 1. The number of carbonyl (C=O) groups is 2. The third-order valence-electron chi connectivity index (χ3n) is 3.29. The molecule has 1 aliphatic carbocycles. The second-order valence-electron chi connectivity index (χ2n) is 4.77. The number of aryl methyl sites for hydroxylation is 1. The Kier molecular flexibility index (Phi) is 4.16. The highest BCUT2D eigenvalue weighted by Gasteiger charge is 2.35. The average Bonchev–Trinajstić information content (AvgIpc) is 2.28. The molecule has 0 bridgehead atoms. The molecule has 2 N–H and O–H groups in total. The number of carbonyl (C=O) groups excluding carboxylic acids is 1. The van der Waals surface area contributed by atoms with Crippen LogP contribution >= 0.6 is 27.5 Å². The SMILES string of the molecule is Cc1cc(C(=O)NC2CC(C(=O)O)C2)cc(Cl)c1Br. The number of nitrogens with one attached hydrogen (secondary N) is 1. The maximum Gasteiger partial charge on any atom is 0.306 e. The number of halogens is 2. The van der Waals surface area contributed by atoms with E-state index < -0.39 is 5.97 Å². The Balaban J connectivity index is 2.00. The van der Waals surface area contributed by atoms with Crippen molar-refractivity contribution in [2.45, 2.75) is 25.8 Å². The summed E-state index contributed by atoms with van der Waals surface area (Å²) in [4.78, 5) is 22.7. The zero-order valence-corrected chi connectivity index (χ0v) is 12.6. The summed E-state index contributed by atoms with van der Waals surface area (Å²) in [6.45, 7) is 1.86. The van der Waals surface area contributed by atoms with E-state index in [2.05, 4.69) is 21.2 Å². The van der Waals surface area contributed by atoms with Gasteiger partial charge in [0.25, 0.3) is 5.91 Å². The summed E-state index contributed by atoms with van der Waals surface area (Å²) in [5.41, 5.74) is 1.37. The fraction of sp³-hybridized carbons (Fsp3) is 0.385. The minimum Gasteiger partial charge on any atom is -0.481 e. The first-order valence-corrected chi connectivity index (χ1v) is 7.05. The fourth-order valence-corrected chi connectivity index (χ4v) is 2.56.